The summed E-state index contributed by atoms with van der Waals surface area (Å²) in [6.07, 6.45) is 1.73. The van der Waals surface area contributed by atoms with Crippen LogP contribution in [0, 0.1) is 0 Å². The molecule has 1 atom stereocenters. The topological polar surface area (TPSA) is 69.0 Å². The van der Waals surface area contributed by atoms with Crippen LogP contribution in [-0.4, -0.2) is 35.5 Å². The number of carbonyl (C=O) groups excluding carboxylic acids is 1. The molecule has 0 saturated heterocycles. The summed E-state index contributed by atoms with van der Waals surface area (Å²) in [5, 5.41) is 3.76. The largest absolute Gasteiger partial charge is 0.298 e. The molecule has 0 spiro atoms. The molecule has 108 valence electrons. The maximum atomic E-state index is 12.0. The number of Topliss-reactive ketones (excluding diaryl/α,β-unsaturated/α-hetero) is 1. The summed E-state index contributed by atoms with van der Waals surface area (Å²) < 4.78 is 24.4. The molecule has 0 amide bonds. The minimum atomic E-state index is -3.38. The van der Waals surface area contributed by atoms with E-state index < -0.39 is 15.1 Å². The summed E-state index contributed by atoms with van der Waals surface area (Å²) in [6, 6.07) is 0. The maximum Gasteiger partial charge on any atom is 0.157 e. The first kappa shape index (κ1) is 16.2. The van der Waals surface area contributed by atoms with E-state index in [4.69, 9.17) is 11.6 Å². The SMILES string of the molecule is CCc1nn(CC)c(CC(=O)C(C)S(C)(=O)=O)c1Cl. The first-order valence-corrected chi connectivity index (χ1v) is 8.51. The Balaban J connectivity index is 3.06. The Morgan fingerprint density at radius 3 is 2.42 bits per heavy atom. The van der Waals surface area contributed by atoms with E-state index in [0.29, 0.717) is 23.7 Å². The molecule has 1 rings (SSSR count). The van der Waals surface area contributed by atoms with Crippen molar-refractivity contribution in [1.82, 2.24) is 9.78 Å². The average molecular weight is 307 g/mol. The standard InChI is InChI=1S/C12H19ClN2O3S/c1-5-9-12(13)10(15(6-2)14-9)7-11(16)8(3)19(4,17)18/h8H,5-7H2,1-4H3. The number of aromatic nitrogens is 2. The van der Waals surface area contributed by atoms with Crippen molar-refractivity contribution in [2.75, 3.05) is 6.26 Å². The fourth-order valence-electron chi connectivity index (χ4n) is 1.73. The Bertz CT molecular complexity index is 578. The van der Waals surface area contributed by atoms with Crippen molar-refractivity contribution in [2.24, 2.45) is 0 Å². The van der Waals surface area contributed by atoms with Gasteiger partial charge in [-0.25, -0.2) is 8.42 Å². The number of sulfone groups is 1. The van der Waals surface area contributed by atoms with E-state index in [2.05, 4.69) is 5.10 Å². The van der Waals surface area contributed by atoms with E-state index in [9.17, 15) is 13.2 Å². The zero-order chi connectivity index (χ0) is 14.8. The van der Waals surface area contributed by atoms with Gasteiger partial charge >= 0.3 is 0 Å². The van der Waals surface area contributed by atoms with Gasteiger partial charge in [-0.15, -0.1) is 0 Å². The van der Waals surface area contributed by atoms with Crippen LogP contribution in [0.1, 0.15) is 32.2 Å². The molecule has 0 N–H and O–H groups in total. The van der Waals surface area contributed by atoms with Gasteiger partial charge < -0.3 is 0 Å². The molecule has 0 aliphatic carbocycles. The summed E-state index contributed by atoms with van der Waals surface area (Å²) in [5.41, 5.74) is 1.33. The van der Waals surface area contributed by atoms with Crippen LogP contribution in [0.5, 0.6) is 0 Å². The number of nitrogens with zero attached hydrogens (tertiary/aromatic N) is 2. The summed E-state index contributed by atoms with van der Waals surface area (Å²) >= 11 is 6.19. The fourth-order valence-corrected chi connectivity index (χ4v) is 2.63. The fraction of sp³-hybridized carbons (Fsp3) is 0.667. The molecule has 0 fully saturated rings. The quantitative estimate of drug-likeness (QED) is 0.801. The van der Waals surface area contributed by atoms with Crippen LogP contribution >= 0.6 is 11.6 Å². The maximum absolute atomic E-state index is 12.0. The summed E-state index contributed by atoms with van der Waals surface area (Å²) in [4.78, 5) is 12.0. The summed E-state index contributed by atoms with van der Waals surface area (Å²) in [6.45, 7) is 5.82. The number of halogens is 1. The average Bonchev–Trinajstić information content (AvgIpc) is 2.64. The number of aryl methyl sites for hydroxylation is 2. The highest BCUT2D eigenvalue weighted by atomic mass is 35.5. The van der Waals surface area contributed by atoms with Gasteiger partial charge in [0.2, 0.25) is 0 Å². The smallest absolute Gasteiger partial charge is 0.157 e. The van der Waals surface area contributed by atoms with Crippen LogP contribution in [0.2, 0.25) is 5.02 Å². The van der Waals surface area contributed by atoms with Crippen molar-refractivity contribution in [1.29, 1.82) is 0 Å². The molecule has 1 unspecified atom stereocenters. The molecule has 0 aliphatic rings. The molecule has 1 aromatic rings. The van der Waals surface area contributed by atoms with Gasteiger partial charge in [0.05, 0.1) is 22.8 Å². The van der Waals surface area contributed by atoms with Crippen LogP contribution < -0.4 is 0 Å². The van der Waals surface area contributed by atoms with Gasteiger partial charge in [-0.05, 0) is 20.3 Å². The molecule has 1 aromatic heterocycles. The minimum Gasteiger partial charge on any atom is -0.298 e. The second-order valence-electron chi connectivity index (χ2n) is 4.49. The lowest BCUT2D eigenvalue weighted by atomic mass is 10.1. The van der Waals surface area contributed by atoms with Gasteiger partial charge in [0.1, 0.15) is 5.25 Å². The van der Waals surface area contributed by atoms with Crippen LogP contribution in [0.25, 0.3) is 0 Å². The number of carbonyl (C=O) groups is 1. The highest BCUT2D eigenvalue weighted by molar-refractivity contribution is 7.92. The van der Waals surface area contributed by atoms with Crippen LogP contribution in [0.4, 0.5) is 0 Å². The van der Waals surface area contributed by atoms with E-state index >= 15 is 0 Å². The van der Waals surface area contributed by atoms with E-state index in [0.717, 1.165) is 11.9 Å². The predicted molar refractivity (Wildman–Crippen MR) is 75.3 cm³/mol. The highest BCUT2D eigenvalue weighted by Crippen LogP contribution is 2.23. The Morgan fingerprint density at radius 1 is 1.42 bits per heavy atom. The number of hydrogen-bond acceptors (Lipinski definition) is 4. The van der Waals surface area contributed by atoms with E-state index in [1.807, 2.05) is 13.8 Å². The lowest BCUT2D eigenvalue weighted by Crippen LogP contribution is -2.28. The first-order valence-electron chi connectivity index (χ1n) is 6.17. The van der Waals surface area contributed by atoms with Crippen LogP contribution in [0.3, 0.4) is 0 Å². The lowest BCUT2D eigenvalue weighted by molar-refractivity contribution is -0.117. The van der Waals surface area contributed by atoms with Crippen molar-refractivity contribution in [3.63, 3.8) is 0 Å². The van der Waals surface area contributed by atoms with Crippen molar-refractivity contribution in [3.05, 3.63) is 16.4 Å². The van der Waals surface area contributed by atoms with Gasteiger partial charge in [0.15, 0.2) is 15.6 Å². The third-order valence-electron chi connectivity index (χ3n) is 3.13. The number of rotatable bonds is 6. The predicted octanol–water partition coefficient (Wildman–Crippen LogP) is 1.66. The van der Waals surface area contributed by atoms with E-state index in [1.54, 1.807) is 4.68 Å². The Labute approximate surface area is 118 Å². The Kier molecular flexibility index (Phi) is 5.15. The molecule has 7 heteroatoms. The Hall–Kier alpha value is -0.880. The summed E-state index contributed by atoms with van der Waals surface area (Å²) in [7, 11) is -3.38. The molecule has 1 heterocycles. The summed E-state index contributed by atoms with van der Waals surface area (Å²) in [5.74, 6) is -0.360. The Morgan fingerprint density at radius 2 is 2.00 bits per heavy atom. The third-order valence-corrected chi connectivity index (χ3v) is 5.12. The third kappa shape index (κ3) is 3.57. The second-order valence-corrected chi connectivity index (χ2v) is 7.24. The second kappa shape index (κ2) is 6.05. The molecular weight excluding hydrogens is 288 g/mol. The molecule has 0 aromatic carbocycles. The van der Waals surface area contributed by atoms with E-state index in [1.165, 1.54) is 6.92 Å². The van der Waals surface area contributed by atoms with Gasteiger partial charge in [-0.1, -0.05) is 18.5 Å². The van der Waals surface area contributed by atoms with Gasteiger partial charge in [0, 0.05) is 12.8 Å². The highest BCUT2D eigenvalue weighted by Gasteiger charge is 2.26. The van der Waals surface area contributed by atoms with Gasteiger partial charge in [-0.3, -0.25) is 9.48 Å². The van der Waals surface area contributed by atoms with Crippen molar-refractivity contribution >= 4 is 27.2 Å². The molecule has 0 aliphatic heterocycles. The monoisotopic (exact) mass is 306 g/mol. The molecule has 0 bridgehead atoms. The molecule has 5 nitrogen and oxygen atoms in total. The lowest BCUT2D eigenvalue weighted by Gasteiger charge is -2.09. The van der Waals surface area contributed by atoms with Crippen molar-refractivity contribution < 1.29 is 13.2 Å². The first-order chi connectivity index (χ1) is 8.72. The molecule has 0 saturated carbocycles. The van der Waals surface area contributed by atoms with E-state index in [-0.39, 0.29) is 12.2 Å². The molecule has 19 heavy (non-hydrogen) atoms. The molecule has 0 radical (unpaired) electrons. The molecular formula is C12H19ClN2O3S. The van der Waals surface area contributed by atoms with Crippen molar-refractivity contribution in [2.45, 2.75) is 45.4 Å². The number of hydrogen-bond donors (Lipinski definition) is 0. The number of ketones is 1. The van der Waals surface area contributed by atoms with Crippen LogP contribution in [-0.2, 0) is 34.0 Å². The van der Waals surface area contributed by atoms with Crippen LogP contribution in [0.15, 0.2) is 0 Å². The normalized spacial score (nSPS) is 13.5. The van der Waals surface area contributed by atoms with Gasteiger partial charge in [-0.2, -0.15) is 5.10 Å². The zero-order valence-corrected chi connectivity index (χ0v) is 13.2. The van der Waals surface area contributed by atoms with Crippen molar-refractivity contribution in [3.8, 4) is 0 Å². The van der Waals surface area contributed by atoms with Gasteiger partial charge in [0.25, 0.3) is 0 Å². The zero-order valence-electron chi connectivity index (χ0n) is 11.6. The minimum absolute atomic E-state index is 0.00604.